The van der Waals surface area contributed by atoms with E-state index in [1.165, 1.54) is 36.3 Å². The second kappa shape index (κ2) is 19.0. The number of amides is 2. The highest BCUT2D eigenvalue weighted by atomic mass is 19.1. The van der Waals surface area contributed by atoms with Crippen LogP contribution in [0.25, 0.3) is 0 Å². The van der Waals surface area contributed by atoms with Gasteiger partial charge in [-0.2, -0.15) is 0 Å². The lowest BCUT2D eigenvalue weighted by molar-refractivity contribution is -0.153. The van der Waals surface area contributed by atoms with Gasteiger partial charge in [0.05, 0.1) is 7.11 Å². The van der Waals surface area contributed by atoms with Gasteiger partial charge in [0.15, 0.2) is 0 Å². The maximum absolute atomic E-state index is 13.8. The molecule has 2 amide bonds. The molecular formula is C44H53FN2O9. The van der Waals surface area contributed by atoms with Gasteiger partial charge in [0.2, 0.25) is 0 Å². The molecule has 2 fully saturated rings. The van der Waals surface area contributed by atoms with Crippen LogP contribution >= 0.6 is 0 Å². The van der Waals surface area contributed by atoms with Crippen molar-refractivity contribution in [2.45, 2.75) is 67.1 Å². The summed E-state index contributed by atoms with van der Waals surface area (Å²) in [6.45, 7) is 11.8. The zero-order chi connectivity index (χ0) is 41.2. The molecule has 56 heavy (non-hydrogen) atoms. The summed E-state index contributed by atoms with van der Waals surface area (Å²) in [7, 11) is 1.19. The molecule has 2 aliphatic rings. The number of Topliss-reactive ketones (excluding diaryl/α,β-unsaturated/α-hetero) is 3. The minimum absolute atomic E-state index is 0.0587. The average Bonchev–Trinajstić information content (AvgIpc) is 3.18. The number of hydrogen-bond donors (Lipinski definition) is 0. The summed E-state index contributed by atoms with van der Waals surface area (Å²) in [5.74, 6) is -5.36. The van der Waals surface area contributed by atoms with Gasteiger partial charge in [-0.15, -0.1) is 0 Å². The molecule has 0 N–H and O–H groups in total. The summed E-state index contributed by atoms with van der Waals surface area (Å²) < 4.78 is 29.6. The van der Waals surface area contributed by atoms with E-state index < -0.39 is 58.2 Å². The highest BCUT2D eigenvalue weighted by Crippen LogP contribution is 2.42. The molecule has 2 saturated heterocycles. The number of likely N-dealkylation sites (tertiary alicyclic amines) is 2. The number of halogens is 1. The van der Waals surface area contributed by atoms with E-state index in [1.54, 1.807) is 32.6 Å². The van der Waals surface area contributed by atoms with Crippen LogP contribution in [-0.4, -0.2) is 78.6 Å². The Kier molecular flexibility index (Phi) is 14.7. The first-order chi connectivity index (χ1) is 26.4. The average molecular weight is 773 g/mol. The monoisotopic (exact) mass is 772 g/mol. The predicted molar refractivity (Wildman–Crippen MR) is 207 cm³/mol. The second-order valence-electron chi connectivity index (χ2n) is 15.9. The second-order valence-corrected chi connectivity index (χ2v) is 15.9. The summed E-state index contributed by atoms with van der Waals surface area (Å²) in [4.78, 5) is 79.9. The number of rotatable bonds is 10. The molecule has 0 aromatic heterocycles. The van der Waals surface area contributed by atoms with Crippen molar-refractivity contribution in [2.24, 2.45) is 28.6 Å². The highest BCUT2D eigenvalue weighted by molar-refractivity contribution is 6.02. The lowest BCUT2D eigenvalue weighted by Crippen LogP contribution is -2.56. The Bertz CT molecular complexity index is 1840. The summed E-state index contributed by atoms with van der Waals surface area (Å²) in [6, 6.07) is 24.2. The Morgan fingerprint density at radius 2 is 1.25 bits per heavy atom. The summed E-state index contributed by atoms with van der Waals surface area (Å²) in [5, 5.41) is 0. The van der Waals surface area contributed by atoms with Crippen LogP contribution in [0.5, 0.6) is 0 Å². The third-order valence-electron chi connectivity index (χ3n) is 10.3. The van der Waals surface area contributed by atoms with E-state index in [0.29, 0.717) is 25.1 Å². The zero-order valence-electron chi connectivity index (χ0n) is 33.3. The molecule has 0 bridgehead atoms. The Morgan fingerprint density at radius 3 is 1.73 bits per heavy atom. The summed E-state index contributed by atoms with van der Waals surface area (Å²) >= 11 is 0. The standard InChI is InChI=1S/C29H34FNO6.C15H19NO3/c1-18(2)25(32)24(27(34)36-5)23(20-11-13-21(30)14-12-20)22-15-31(17-29(3,4)26(22)33)28(35)37-16-19-9-7-6-8-10-19;1-15(2)11-16(9-8-13(15)17)14(18)19-10-12-6-4-3-5-7-12/h6-14,18,22-24H,15-17H2,1-5H3;3-7H,8-11H2,1-2H3. The van der Waals surface area contributed by atoms with E-state index >= 15 is 0 Å². The molecule has 3 atom stereocenters. The topological polar surface area (TPSA) is 137 Å². The van der Waals surface area contributed by atoms with Crippen molar-refractivity contribution in [2.75, 3.05) is 33.3 Å². The van der Waals surface area contributed by atoms with Gasteiger partial charge in [0.25, 0.3) is 0 Å². The largest absolute Gasteiger partial charge is 0.468 e. The maximum Gasteiger partial charge on any atom is 0.410 e. The number of ether oxygens (including phenoxy) is 3. The van der Waals surface area contributed by atoms with Crippen LogP contribution in [0.4, 0.5) is 14.0 Å². The number of ketones is 3. The molecule has 2 aliphatic heterocycles. The third kappa shape index (κ3) is 11.1. The van der Waals surface area contributed by atoms with Gasteiger partial charge in [0, 0.05) is 61.2 Å². The van der Waals surface area contributed by atoms with Gasteiger partial charge < -0.3 is 24.0 Å². The van der Waals surface area contributed by atoms with E-state index in [1.807, 2.05) is 74.5 Å². The van der Waals surface area contributed by atoms with Crippen molar-refractivity contribution < 1.29 is 47.4 Å². The van der Waals surface area contributed by atoms with Crippen LogP contribution in [0, 0.1) is 34.4 Å². The van der Waals surface area contributed by atoms with E-state index in [4.69, 9.17) is 14.2 Å². The van der Waals surface area contributed by atoms with Crippen molar-refractivity contribution in [3.8, 4) is 0 Å². The number of piperidine rings is 2. The number of carbonyl (C=O) groups is 6. The van der Waals surface area contributed by atoms with Crippen LogP contribution in [-0.2, 0) is 46.6 Å². The molecule has 5 rings (SSSR count). The van der Waals surface area contributed by atoms with Crippen molar-refractivity contribution in [3.63, 3.8) is 0 Å². The Hall–Kier alpha value is -5.39. The molecule has 11 nitrogen and oxygen atoms in total. The Labute approximate surface area is 328 Å². The number of esters is 1. The zero-order valence-corrected chi connectivity index (χ0v) is 33.3. The quantitative estimate of drug-likeness (QED) is 0.117. The molecule has 3 aromatic carbocycles. The first kappa shape index (κ1) is 43.3. The van der Waals surface area contributed by atoms with Gasteiger partial charge >= 0.3 is 18.2 Å². The van der Waals surface area contributed by atoms with Gasteiger partial charge in [-0.1, -0.05) is 114 Å². The Morgan fingerprint density at radius 1 is 0.750 bits per heavy atom. The van der Waals surface area contributed by atoms with Crippen molar-refractivity contribution in [1.29, 1.82) is 0 Å². The van der Waals surface area contributed by atoms with E-state index in [-0.39, 0.29) is 44.0 Å². The van der Waals surface area contributed by atoms with Crippen molar-refractivity contribution in [1.82, 2.24) is 9.80 Å². The van der Waals surface area contributed by atoms with Crippen LogP contribution in [0.3, 0.4) is 0 Å². The molecule has 3 unspecified atom stereocenters. The van der Waals surface area contributed by atoms with E-state index in [0.717, 1.165) is 11.1 Å². The predicted octanol–water partition coefficient (Wildman–Crippen LogP) is 7.41. The fourth-order valence-electron chi connectivity index (χ4n) is 7.12. The van der Waals surface area contributed by atoms with Crippen LogP contribution in [0.15, 0.2) is 84.9 Å². The van der Waals surface area contributed by atoms with Crippen molar-refractivity contribution in [3.05, 3.63) is 107 Å². The molecule has 3 aromatic rings. The summed E-state index contributed by atoms with van der Waals surface area (Å²) in [5.41, 5.74) is 0.776. The minimum Gasteiger partial charge on any atom is -0.468 e. The molecular weight excluding hydrogens is 719 g/mol. The van der Waals surface area contributed by atoms with E-state index in [2.05, 4.69) is 0 Å². The normalized spacial score (nSPS) is 18.6. The molecule has 0 spiro atoms. The smallest absolute Gasteiger partial charge is 0.410 e. The van der Waals surface area contributed by atoms with Crippen LogP contribution in [0.1, 0.15) is 70.6 Å². The fraction of sp³-hybridized carbons (Fsp3) is 0.455. The van der Waals surface area contributed by atoms with Gasteiger partial charge in [-0.3, -0.25) is 19.2 Å². The lowest BCUT2D eigenvalue weighted by Gasteiger charge is -2.44. The van der Waals surface area contributed by atoms with Gasteiger partial charge in [0.1, 0.15) is 42.3 Å². The number of benzene rings is 3. The highest BCUT2D eigenvalue weighted by Gasteiger charge is 2.51. The van der Waals surface area contributed by atoms with Crippen LogP contribution < -0.4 is 0 Å². The minimum atomic E-state index is -1.31. The lowest BCUT2D eigenvalue weighted by atomic mass is 9.65. The fourth-order valence-corrected chi connectivity index (χ4v) is 7.12. The number of carbonyl (C=O) groups excluding carboxylic acids is 6. The first-order valence-electron chi connectivity index (χ1n) is 18.8. The summed E-state index contributed by atoms with van der Waals surface area (Å²) in [6.07, 6.45) is -0.533. The molecule has 2 heterocycles. The van der Waals surface area contributed by atoms with Crippen molar-refractivity contribution >= 4 is 35.5 Å². The van der Waals surface area contributed by atoms with E-state index in [9.17, 15) is 33.2 Å². The SMILES string of the molecule is CC1(C)CN(C(=O)OCc2ccccc2)CCC1=O.COC(=O)C(C(=O)C(C)C)C(c1ccc(F)cc1)C1CN(C(=O)OCc2ccccc2)CC(C)(C)C1=O. The molecule has 0 saturated carbocycles. The third-order valence-corrected chi connectivity index (χ3v) is 10.3. The molecule has 0 radical (unpaired) electrons. The van der Waals surface area contributed by atoms with Gasteiger partial charge in [-0.05, 0) is 28.8 Å². The number of hydrogen-bond acceptors (Lipinski definition) is 9. The number of methoxy groups -OCH3 is 1. The van der Waals surface area contributed by atoms with Crippen LogP contribution in [0.2, 0.25) is 0 Å². The molecule has 12 heteroatoms. The maximum atomic E-state index is 13.8. The number of nitrogens with zero attached hydrogens (tertiary/aromatic N) is 2. The first-order valence-corrected chi connectivity index (χ1v) is 18.8. The molecule has 300 valence electrons. The Balaban J connectivity index is 0.000000306. The molecule has 0 aliphatic carbocycles. The van der Waals surface area contributed by atoms with Gasteiger partial charge in [-0.25, -0.2) is 14.0 Å².